The number of carboxylic acid groups (broad SMARTS) is 1. The number of hydrogen-bond acceptors (Lipinski definition) is 19. The second-order valence-corrected chi connectivity index (χ2v) is 42.8. The Kier molecular flexibility index (Phi) is 25.3. The zero-order chi connectivity index (χ0) is 71.1. The molecule has 97 heavy (non-hydrogen) atoms. The van der Waals surface area contributed by atoms with Gasteiger partial charge in [-0.15, -0.1) is 0 Å². The van der Waals surface area contributed by atoms with Gasteiger partial charge in [-0.3, -0.25) is 14.4 Å². The number of aldehydes is 1. The first kappa shape index (κ1) is 78.8. The van der Waals surface area contributed by atoms with E-state index in [-0.39, 0.29) is 65.5 Å². The fourth-order valence-electron chi connectivity index (χ4n) is 20.5. The highest BCUT2D eigenvalue weighted by molar-refractivity contribution is 6.74. The Balaban J connectivity index is 1.06. The summed E-state index contributed by atoms with van der Waals surface area (Å²) in [6, 6.07) is 4.34. The van der Waals surface area contributed by atoms with Gasteiger partial charge in [0.05, 0.1) is 48.4 Å². The summed E-state index contributed by atoms with van der Waals surface area (Å²) < 4.78 is 68.0. The molecule has 23 heteroatoms. The van der Waals surface area contributed by atoms with Crippen LogP contribution in [0.4, 0.5) is 0 Å². The van der Waals surface area contributed by atoms with E-state index < -0.39 is 149 Å². The van der Waals surface area contributed by atoms with Gasteiger partial charge in [-0.2, -0.15) is 0 Å². The molecule has 0 radical (unpaired) electrons. The Morgan fingerprint density at radius 1 is 0.660 bits per heavy atom. The second-order valence-electron chi connectivity index (χ2n) is 33.3. The van der Waals surface area contributed by atoms with Gasteiger partial charge in [0.1, 0.15) is 55.1 Å². The van der Waals surface area contributed by atoms with Crippen LogP contribution in [0.2, 0.25) is 36.3 Å². The SMILES string of the molecule is CC[Si](CC)(CC)O[C@H]1CCC2(C)C3CC=C4C5CC(C)(C)CC[C@]5(C(=O)O[C@@H]5O[C@H](CO)[C@H](NC(=O)CCCCCCCCCCC(=O)O)C(O)C5O[C@@H]5O[C@H](C)[C@H](O[C@@H]6OC[C@@H](O)C(O)C6O)C6OC(C)(C)OC65)[C@@H](O[Si](CC)(CC)CC)C[C@@]4(C)C3(C)CC[C@H]2[C@@]1(C)C=O. The minimum absolute atomic E-state index is 0.120. The minimum Gasteiger partial charge on any atom is -0.481 e. The lowest BCUT2D eigenvalue weighted by molar-refractivity contribution is -0.359. The molecule has 4 saturated carbocycles. The van der Waals surface area contributed by atoms with Gasteiger partial charge in [0.25, 0.3) is 0 Å². The van der Waals surface area contributed by atoms with Gasteiger partial charge in [-0.25, -0.2) is 0 Å². The van der Waals surface area contributed by atoms with Gasteiger partial charge in [0.15, 0.2) is 41.1 Å². The molecule has 4 heterocycles. The van der Waals surface area contributed by atoms with E-state index in [0.717, 1.165) is 107 Å². The topological polar surface area (TPSA) is 294 Å². The summed E-state index contributed by atoms with van der Waals surface area (Å²) in [7, 11) is -4.63. The van der Waals surface area contributed by atoms with Crippen molar-refractivity contribution in [1.29, 1.82) is 0 Å². The number of aliphatic hydroxyl groups is 5. The standard InChI is InChI=1S/C74H127NO20Si2/c1-16-96(17-2,18-3)94-52-35-36-70(12)50(71(52,13)44-77)34-37-72(14)51(70)33-32-46-47-40-68(8,9)38-39-74(47,53(41-73(46,72)15)95-97(19-4,20-5)21-6)67(85)91-65-61(58(83)56(49(42-76)88-65)75-54(79)30-28-26-24-22-23-25-27-29-31-55(80)81)90-66-63-62(92-69(10,11)93-63)60(45(7)87-66)89-64-59(84)57(82)48(78)43-86-64/h32,44-45,47-53,56-66,76,78,82-84H,16-31,33-43H2,1-15H3,(H,75,79)(H,80,81)/t45-,47?,48-,49-,50-,51?,52+,53+,56+,57?,58?,59?,60+,61?,62?,63?,64+,65+,66+,70?,71-,72?,73-,74-/m1/s1. The number of ether oxygens (including phenoxy) is 8. The van der Waals surface area contributed by atoms with Crippen LogP contribution >= 0.6 is 0 Å². The molecule has 21 nitrogen and oxygen atoms in total. The number of aliphatic hydroxyl groups excluding tert-OH is 5. The van der Waals surface area contributed by atoms with Gasteiger partial charge in [0, 0.05) is 12.8 Å². The fraction of sp³-hybridized carbons (Fsp3) is 0.919. The van der Waals surface area contributed by atoms with Crippen LogP contribution in [0.25, 0.3) is 0 Å². The summed E-state index contributed by atoms with van der Waals surface area (Å²) in [5.41, 5.74) is -1.73. The lowest BCUT2D eigenvalue weighted by Crippen LogP contribution is -2.70. The highest BCUT2D eigenvalue weighted by Crippen LogP contribution is 2.76. The Bertz CT molecular complexity index is 2700. The average Bonchev–Trinajstić information content (AvgIpc) is 0.978. The number of carboxylic acids is 1. The molecular formula is C74H127NO20Si2. The number of esters is 1. The van der Waals surface area contributed by atoms with E-state index in [1.165, 1.54) is 11.9 Å². The van der Waals surface area contributed by atoms with Crippen LogP contribution < -0.4 is 5.32 Å². The van der Waals surface area contributed by atoms with Crippen LogP contribution in [0.5, 0.6) is 0 Å². The highest BCUT2D eigenvalue weighted by Gasteiger charge is 2.73. The molecule has 0 aromatic heterocycles. The molecule has 0 aromatic rings. The molecule has 9 rings (SSSR count). The lowest BCUT2D eigenvalue weighted by atomic mass is 9.33. The molecule has 7 N–H and O–H groups in total. The third kappa shape index (κ3) is 15.2. The summed E-state index contributed by atoms with van der Waals surface area (Å²) in [5.74, 6) is -2.98. The number of unbranched alkanes of at least 4 members (excludes halogenated alkanes) is 7. The molecule has 5 aliphatic carbocycles. The molecule has 10 unspecified atom stereocenters. The Labute approximate surface area is 581 Å². The summed E-state index contributed by atoms with van der Waals surface area (Å²) in [6.45, 7) is 31.9. The molecule has 0 spiro atoms. The zero-order valence-corrected chi connectivity index (χ0v) is 63.6. The van der Waals surface area contributed by atoms with Crippen molar-refractivity contribution in [2.45, 2.75) is 366 Å². The van der Waals surface area contributed by atoms with Crippen LogP contribution in [0.1, 0.15) is 226 Å². The summed E-state index contributed by atoms with van der Waals surface area (Å²) >= 11 is 0. The van der Waals surface area contributed by atoms with Crippen molar-refractivity contribution >= 4 is 40.8 Å². The molecule has 8 fully saturated rings. The van der Waals surface area contributed by atoms with Gasteiger partial charge < -0.3 is 87.5 Å². The first-order chi connectivity index (χ1) is 45.7. The van der Waals surface area contributed by atoms with Crippen molar-refractivity contribution in [3.8, 4) is 0 Å². The number of allylic oxidation sites excluding steroid dienone is 2. The Hall–Kier alpha value is -2.31. The van der Waals surface area contributed by atoms with E-state index in [9.17, 15) is 39.9 Å². The van der Waals surface area contributed by atoms with E-state index in [2.05, 4.69) is 94.5 Å². The number of fused-ring (bicyclic) bond motifs is 8. The maximum atomic E-state index is 16.9. The third-order valence-electron chi connectivity index (χ3n) is 27.2. The molecule has 4 aliphatic heterocycles. The van der Waals surface area contributed by atoms with Gasteiger partial charge >= 0.3 is 11.9 Å². The first-order valence-corrected chi connectivity index (χ1v) is 43.0. The lowest BCUT2D eigenvalue weighted by Gasteiger charge is -2.72. The number of rotatable bonds is 30. The van der Waals surface area contributed by atoms with E-state index in [4.69, 9.17) is 51.9 Å². The zero-order valence-electron chi connectivity index (χ0n) is 61.6. The van der Waals surface area contributed by atoms with Crippen molar-refractivity contribution in [2.75, 3.05) is 13.2 Å². The number of aliphatic carboxylic acids is 1. The predicted octanol–water partition coefficient (Wildman–Crippen LogP) is 10.9. The number of carbonyl (C=O) groups excluding carboxylic acids is 3. The monoisotopic (exact) mass is 1410 g/mol. The number of hydrogen-bond donors (Lipinski definition) is 7. The predicted molar refractivity (Wildman–Crippen MR) is 368 cm³/mol. The van der Waals surface area contributed by atoms with Gasteiger partial charge in [-0.05, 0) is 167 Å². The van der Waals surface area contributed by atoms with E-state index in [0.29, 0.717) is 38.5 Å². The van der Waals surface area contributed by atoms with Gasteiger partial charge in [0.2, 0.25) is 12.2 Å². The normalized spacial score (nSPS) is 42.4. The van der Waals surface area contributed by atoms with Crippen LogP contribution in [0.15, 0.2) is 11.6 Å². The maximum absolute atomic E-state index is 16.9. The quantitative estimate of drug-likeness (QED) is 0.0116. The van der Waals surface area contributed by atoms with Crippen LogP contribution in [-0.2, 0) is 65.9 Å². The maximum Gasteiger partial charge on any atom is 0.317 e. The van der Waals surface area contributed by atoms with Crippen molar-refractivity contribution in [3.63, 3.8) is 0 Å². The molecule has 556 valence electrons. The van der Waals surface area contributed by atoms with Crippen molar-refractivity contribution in [1.82, 2.24) is 5.32 Å². The Morgan fingerprint density at radius 2 is 1.25 bits per heavy atom. The molecule has 0 aromatic carbocycles. The number of amides is 1. The van der Waals surface area contributed by atoms with Crippen molar-refractivity contribution in [2.24, 2.45) is 50.2 Å². The largest absolute Gasteiger partial charge is 0.481 e. The number of carbonyl (C=O) groups is 4. The van der Waals surface area contributed by atoms with E-state index >= 15 is 4.79 Å². The fourth-order valence-corrected chi connectivity index (χ4v) is 26.4. The van der Waals surface area contributed by atoms with Gasteiger partial charge in [-0.1, -0.05) is 133 Å². The smallest absolute Gasteiger partial charge is 0.317 e. The second kappa shape index (κ2) is 31.2. The first-order valence-electron chi connectivity index (χ1n) is 37.9. The van der Waals surface area contributed by atoms with Crippen molar-refractivity contribution in [3.05, 3.63) is 11.6 Å². The number of nitrogens with one attached hydrogen (secondary N) is 1. The Morgan fingerprint density at radius 3 is 1.85 bits per heavy atom. The average molecular weight is 1410 g/mol. The molecule has 24 atom stereocenters. The van der Waals surface area contributed by atoms with Crippen molar-refractivity contribution < 1.29 is 96.6 Å². The van der Waals surface area contributed by atoms with Crippen LogP contribution in [0.3, 0.4) is 0 Å². The minimum atomic E-state index is -2.57. The molecule has 4 saturated heterocycles. The third-order valence-corrected chi connectivity index (χ3v) is 36.5. The summed E-state index contributed by atoms with van der Waals surface area (Å²) in [4.78, 5) is 55.9. The molecular weight excluding hydrogens is 1280 g/mol. The summed E-state index contributed by atoms with van der Waals surface area (Å²) in [6.07, 6.45) is -0.855. The van der Waals surface area contributed by atoms with E-state index in [1.807, 2.05) is 0 Å². The van der Waals surface area contributed by atoms with Crippen LogP contribution in [-0.4, -0.2) is 189 Å². The van der Waals surface area contributed by atoms with Crippen LogP contribution in [0, 0.1) is 50.2 Å². The molecule has 1 amide bonds. The summed E-state index contributed by atoms with van der Waals surface area (Å²) in [5, 5.41) is 68.3. The highest BCUT2D eigenvalue weighted by atomic mass is 28.4. The molecule has 0 bridgehead atoms. The van der Waals surface area contributed by atoms with E-state index in [1.54, 1.807) is 20.8 Å². The molecule has 9 aliphatic rings.